The quantitative estimate of drug-likeness (QED) is 0.483. The number of carbonyl (C=O) groups is 2. The number of halogens is 1. The SMILES string of the molecule is CC(=O)Nc1ccc(N(CC2CCSC2)C(=O)CC2CC(C)NC(Cl)N2)cc1. The third-order valence-corrected chi connectivity index (χ3v) is 6.62. The first-order valence-corrected chi connectivity index (χ1v) is 11.4. The lowest BCUT2D eigenvalue weighted by Gasteiger charge is -2.34. The number of hydrogen-bond acceptors (Lipinski definition) is 5. The number of hydrogen-bond donors (Lipinski definition) is 3. The summed E-state index contributed by atoms with van der Waals surface area (Å²) in [5, 5.41) is 9.25. The molecule has 2 saturated heterocycles. The van der Waals surface area contributed by atoms with E-state index in [1.54, 1.807) is 0 Å². The van der Waals surface area contributed by atoms with Gasteiger partial charge in [-0.1, -0.05) is 11.6 Å². The molecule has 4 atom stereocenters. The number of carbonyl (C=O) groups excluding carboxylic acids is 2. The zero-order valence-electron chi connectivity index (χ0n) is 16.4. The van der Waals surface area contributed by atoms with Gasteiger partial charge in [-0.15, -0.1) is 0 Å². The van der Waals surface area contributed by atoms with Crippen LogP contribution < -0.4 is 20.9 Å². The van der Waals surface area contributed by atoms with Crippen LogP contribution in [0.5, 0.6) is 0 Å². The summed E-state index contributed by atoms with van der Waals surface area (Å²) < 4.78 is 0. The van der Waals surface area contributed by atoms with Crippen LogP contribution in [0.15, 0.2) is 24.3 Å². The Morgan fingerprint density at radius 2 is 2.04 bits per heavy atom. The smallest absolute Gasteiger partial charge is 0.228 e. The Labute approximate surface area is 176 Å². The molecule has 2 aliphatic rings. The highest BCUT2D eigenvalue weighted by atomic mass is 35.5. The Hall–Kier alpha value is -1.28. The van der Waals surface area contributed by atoms with E-state index in [1.165, 1.54) is 6.92 Å². The molecule has 154 valence electrons. The van der Waals surface area contributed by atoms with Gasteiger partial charge in [-0.25, -0.2) is 0 Å². The van der Waals surface area contributed by atoms with E-state index in [0.717, 1.165) is 42.3 Å². The van der Waals surface area contributed by atoms with Crippen LogP contribution in [-0.4, -0.2) is 47.6 Å². The van der Waals surface area contributed by atoms with Crippen LogP contribution in [0.1, 0.15) is 33.1 Å². The number of amides is 2. The van der Waals surface area contributed by atoms with Crippen LogP contribution >= 0.6 is 23.4 Å². The van der Waals surface area contributed by atoms with E-state index in [1.807, 2.05) is 40.9 Å². The topological polar surface area (TPSA) is 73.5 Å². The largest absolute Gasteiger partial charge is 0.326 e. The van der Waals surface area contributed by atoms with E-state index in [0.29, 0.717) is 12.3 Å². The Kier molecular flexibility index (Phi) is 7.62. The van der Waals surface area contributed by atoms with Crippen molar-refractivity contribution >= 4 is 46.6 Å². The minimum atomic E-state index is -0.307. The monoisotopic (exact) mass is 424 g/mol. The Morgan fingerprint density at radius 1 is 1.29 bits per heavy atom. The van der Waals surface area contributed by atoms with Gasteiger partial charge in [0.15, 0.2) is 0 Å². The maximum Gasteiger partial charge on any atom is 0.228 e. The lowest BCUT2D eigenvalue weighted by Crippen LogP contribution is -2.56. The fraction of sp³-hybridized carbons (Fsp3) is 0.600. The van der Waals surface area contributed by atoms with Gasteiger partial charge in [0.1, 0.15) is 5.62 Å². The highest BCUT2D eigenvalue weighted by Gasteiger charge is 2.29. The van der Waals surface area contributed by atoms with Crippen LogP contribution in [0, 0.1) is 5.92 Å². The van der Waals surface area contributed by atoms with Crippen molar-refractivity contribution in [1.29, 1.82) is 0 Å². The average molecular weight is 425 g/mol. The molecule has 2 heterocycles. The normalized spacial score (nSPS) is 27.4. The van der Waals surface area contributed by atoms with Gasteiger partial charge >= 0.3 is 0 Å². The molecule has 2 fully saturated rings. The van der Waals surface area contributed by atoms with Crippen molar-refractivity contribution in [2.75, 3.05) is 28.3 Å². The lowest BCUT2D eigenvalue weighted by atomic mass is 10.0. The minimum Gasteiger partial charge on any atom is -0.326 e. The zero-order chi connectivity index (χ0) is 20.1. The van der Waals surface area contributed by atoms with Gasteiger partial charge in [-0.05, 0) is 61.5 Å². The molecule has 0 radical (unpaired) electrons. The summed E-state index contributed by atoms with van der Waals surface area (Å²) in [6.45, 7) is 4.30. The predicted octanol–water partition coefficient (Wildman–Crippen LogP) is 2.98. The average Bonchev–Trinajstić information content (AvgIpc) is 3.12. The summed E-state index contributed by atoms with van der Waals surface area (Å²) in [7, 11) is 0. The second kappa shape index (κ2) is 9.96. The number of anilines is 2. The maximum absolute atomic E-state index is 13.2. The maximum atomic E-state index is 13.2. The number of alkyl halides is 1. The first kappa shape index (κ1) is 21.4. The molecule has 8 heteroatoms. The summed E-state index contributed by atoms with van der Waals surface area (Å²) in [5.41, 5.74) is 1.30. The first-order valence-electron chi connectivity index (χ1n) is 9.82. The van der Waals surface area contributed by atoms with E-state index < -0.39 is 0 Å². The van der Waals surface area contributed by atoms with Crippen LogP contribution in [0.2, 0.25) is 0 Å². The molecular formula is C20H29ClN4O2S. The van der Waals surface area contributed by atoms with Gasteiger partial charge in [-0.2, -0.15) is 11.8 Å². The summed E-state index contributed by atoms with van der Waals surface area (Å²) >= 11 is 8.15. The highest BCUT2D eigenvalue weighted by Crippen LogP contribution is 2.28. The third-order valence-electron chi connectivity index (χ3n) is 5.14. The number of rotatable bonds is 6. The molecule has 3 rings (SSSR count). The van der Waals surface area contributed by atoms with E-state index in [9.17, 15) is 9.59 Å². The second-order valence-electron chi connectivity index (χ2n) is 7.70. The van der Waals surface area contributed by atoms with Crippen LogP contribution in [0.4, 0.5) is 11.4 Å². The fourth-order valence-corrected chi connectivity index (χ4v) is 5.46. The van der Waals surface area contributed by atoms with Gasteiger partial charge in [0.25, 0.3) is 0 Å². The fourth-order valence-electron chi connectivity index (χ4n) is 3.80. The lowest BCUT2D eigenvalue weighted by molar-refractivity contribution is -0.119. The van der Waals surface area contributed by atoms with Crippen molar-refractivity contribution in [3.63, 3.8) is 0 Å². The van der Waals surface area contributed by atoms with Crippen molar-refractivity contribution in [2.24, 2.45) is 5.92 Å². The number of thioether (sulfide) groups is 1. The molecular weight excluding hydrogens is 396 g/mol. The van der Waals surface area contributed by atoms with Crippen molar-refractivity contribution in [1.82, 2.24) is 10.6 Å². The van der Waals surface area contributed by atoms with Gasteiger partial charge in [0, 0.05) is 43.3 Å². The predicted molar refractivity (Wildman–Crippen MR) is 117 cm³/mol. The molecule has 4 unspecified atom stereocenters. The van der Waals surface area contributed by atoms with Crippen LogP contribution in [0.3, 0.4) is 0 Å². The molecule has 28 heavy (non-hydrogen) atoms. The first-order chi connectivity index (χ1) is 13.4. The van der Waals surface area contributed by atoms with Gasteiger partial charge < -0.3 is 10.2 Å². The number of nitrogens with zero attached hydrogens (tertiary/aromatic N) is 1. The molecule has 1 aromatic carbocycles. The molecule has 1 aromatic rings. The van der Waals surface area contributed by atoms with E-state index in [2.05, 4.69) is 22.9 Å². The second-order valence-corrected chi connectivity index (χ2v) is 9.28. The zero-order valence-corrected chi connectivity index (χ0v) is 18.0. The van der Waals surface area contributed by atoms with Gasteiger partial charge in [0.05, 0.1) is 0 Å². The van der Waals surface area contributed by atoms with Crippen molar-refractivity contribution in [2.45, 2.75) is 50.8 Å². The van der Waals surface area contributed by atoms with Crippen molar-refractivity contribution < 1.29 is 9.59 Å². The molecule has 0 bridgehead atoms. The molecule has 3 N–H and O–H groups in total. The molecule has 0 saturated carbocycles. The van der Waals surface area contributed by atoms with Gasteiger partial charge in [-0.3, -0.25) is 20.2 Å². The van der Waals surface area contributed by atoms with Gasteiger partial charge in [0.2, 0.25) is 11.8 Å². The van der Waals surface area contributed by atoms with Crippen molar-refractivity contribution in [3.8, 4) is 0 Å². The summed E-state index contributed by atoms with van der Waals surface area (Å²) in [5.74, 6) is 2.78. The molecule has 2 aliphatic heterocycles. The van der Waals surface area contributed by atoms with Crippen molar-refractivity contribution in [3.05, 3.63) is 24.3 Å². The minimum absolute atomic E-state index is 0.0605. The van der Waals surface area contributed by atoms with E-state index in [-0.39, 0.29) is 29.5 Å². The molecule has 0 spiro atoms. The number of benzene rings is 1. The third kappa shape index (κ3) is 6.11. The van der Waals surface area contributed by atoms with E-state index in [4.69, 9.17) is 11.6 Å². The molecule has 2 amide bonds. The Bertz CT molecular complexity index is 671. The molecule has 6 nitrogen and oxygen atoms in total. The summed E-state index contributed by atoms with van der Waals surface area (Å²) in [6.07, 6.45) is 2.43. The van der Waals surface area contributed by atoms with E-state index >= 15 is 0 Å². The highest BCUT2D eigenvalue weighted by molar-refractivity contribution is 7.99. The summed E-state index contributed by atoms with van der Waals surface area (Å²) in [6, 6.07) is 7.85. The summed E-state index contributed by atoms with van der Waals surface area (Å²) in [4.78, 5) is 26.4. The van der Waals surface area contributed by atoms with Crippen LogP contribution in [-0.2, 0) is 9.59 Å². The Balaban J connectivity index is 1.72. The standard InChI is InChI=1S/C20H29ClN4O2S/c1-13-9-17(24-20(21)22-13)10-19(27)25(11-15-7-8-28-12-15)18-5-3-16(4-6-18)23-14(2)26/h3-6,13,15,17,20,22,24H,7-12H2,1-2H3,(H,23,26). The Morgan fingerprint density at radius 3 is 2.64 bits per heavy atom. The molecule has 0 aromatic heterocycles. The molecule has 0 aliphatic carbocycles. The number of nitrogens with one attached hydrogen (secondary N) is 3. The van der Waals surface area contributed by atoms with Crippen LogP contribution in [0.25, 0.3) is 0 Å².